The average molecular weight is 299 g/mol. The monoisotopic (exact) mass is 299 g/mol. The predicted octanol–water partition coefficient (Wildman–Crippen LogP) is 2.02. The van der Waals surface area contributed by atoms with Crippen molar-refractivity contribution in [2.45, 2.75) is 0 Å². The van der Waals surface area contributed by atoms with Crippen LogP contribution in [0.2, 0.25) is 0 Å². The lowest BCUT2D eigenvalue weighted by molar-refractivity contribution is 0.0702. The van der Waals surface area contributed by atoms with Crippen molar-refractivity contribution in [3.8, 4) is 0 Å². The quantitative estimate of drug-likeness (QED) is 0.799. The van der Waals surface area contributed by atoms with Crippen LogP contribution in [0.25, 0.3) is 17.1 Å². The number of rotatable bonds is 3. The molecule has 7 heteroatoms. The van der Waals surface area contributed by atoms with E-state index in [0.717, 1.165) is 16.9 Å². The number of carboxylic acids is 1. The molecule has 0 fully saturated rings. The van der Waals surface area contributed by atoms with Gasteiger partial charge in [-0.25, -0.2) is 9.78 Å². The zero-order chi connectivity index (χ0) is 14.8. The fourth-order valence-corrected chi connectivity index (χ4v) is 2.59. The Labute approximate surface area is 122 Å². The van der Waals surface area contributed by atoms with E-state index in [-0.39, 0.29) is 10.4 Å². The van der Waals surface area contributed by atoms with E-state index in [0.29, 0.717) is 10.7 Å². The van der Waals surface area contributed by atoms with Crippen LogP contribution in [-0.2, 0) is 0 Å². The van der Waals surface area contributed by atoms with E-state index in [9.17, 15) is 9.59 Å². The minimum Gasteiger partial charge on any atom is -0.477 e. The van der Waals surface area contributed by atoms with Gasteiger partial charge in [-0.3, -0.25) is 14.2 Å². The van der Waals surface area contributed by atoms with E-state index in [2.05, 4.69) is 9.97 Å². The van der Waals surface area contributed by atoms with Crippen molar-refractivity contribution >= 4 is 34.4 Å². The van der Waals surface area contributed by atoms with Crippen molar-refractivity contribution in [3.05, 3.63) is 63.3 Å². The summed E-state index contributed by atoms with van der Waals surface area (Å²) in [6, 6.07) is 5.05. The molecule has 0 aliphatic rings. The van der Waals surface area contributed by atoms with E-state index in [1.807, 2.05) is 12.1 Å². The van der Waals surface area contributed by atoms with Crippen LogP contribution in [0.5, 0.6) is 0 Å². The van der Waals surface area contributed by atoms with Gasteiger partial charge in [0.2, 0.25) is 0 Å². The second kappa shape index (κ2) is 5.29. The SMILES string of the molecule is O=C(O)c1cn2c(=O)cc(C=Cc3cccnc3)nc2s1. The van der Waals surface area contributed by atoms with E-state index in [1.54, 1.807) is 24.5 Å². The molecule has 21 heavy (non-hydrogen) atoms. The van der Waals surface area contributed by atoms with Crippen LogP contribution in [0.3, 0.4) is 0 Å². The average Bonchev–Trinajstić information content (AvgIpc) is 2.91. The van der Waals surface area contributed by atoms with Gasteiger partial charge in [-0.15, -0.1) is 0 Å². The van der Waals surface area contributed by atoms with Crippen molar-refractivity contribution in [2.24, 2.45) is 0 Å². The molecule has 0 radical (unpaired) electrons. The highest BCUT2D eigenvalue weighted by atomic mass is 32.1. The highest BCUT2D eigenvalue weighted by molar-refractivity contribution is 7.18. The highest BCUT2D eigenvalue weighted by Gasteiger charge is 2.10. The third-order valence-corrected chi connectivity index (χ3v) is 3.70. The Morgan fingerprint density at radius 3 is 2.95 bits per heavy atom. The third-order valence-electron chi connectivity index (χ3n) is 2.73. The van der Waals surface area contributed by atoms with Crippen LogP contribution < -0.4 is 5.56 Å². The lowest BCUT2D eigenvalue weighted by Gasteiger charge is -1.95. The van der Waals surface area contributed by atoms with Gasteiger partial charge in [0.05, 0.1) is 5.69 Å². The summed E-state index contributed by atoms with van der Waals surface area (Å²) in [7, 11) is 0. The number of pyridine rings is 1. The molecule has 0 spiro atoms. The Bertz CT molecular complexity index is 897. The summed E-state index contributed by atoms with van der Waals surface area (Å²) in [5.41, 5.74) is 1.05. The molecule has 1 N–H and O–H groups in total. The molecule has 3 heterocycles. The second-order valence-corrected chi connectivity index (χ2v) is 5.20. The molecule has 0 aromatic carbocycles. The fraction of sp³-hybridized carbons (Fsp3) is 0. The summed E-state index contributed by atoms with van der Waals surface area (Å²) >= 11 is 0.961. The molecular formula is C14H9N3O3S. The van der Waals surface area contributed by atoms with Gasteiger partial charge in [0.1, 0.15) is 4.88 Å². The molecule has 0 saturated carbocycles. The van der Waals surface area contributed by atoms with Crippen LogP contribution in [0, 0.1) is 0 Å². The molecular weight excluding hydrogens is 290 g/mol. The fourth-order valence-electron chi connectivity index (χ4n) is 1.76. The standard InChI is InChI=1S/C14H9N3O3S/c18-12-6-10(4-3-9-2-1-5-15-7-9)16-14-17(12)8-11(21-14)13(19)20/h1-8H,(H,19,20). The lowest BCUT2D eigenvalue weighted by Crippen LogP contribution is -2.11. The van der Waals surface area contributed by atoms with E-state index in [1.165, 1.54) is 16.7 Å². The molecule has 0 amide bonds. The topological polar surface area (TPSA) is 84.6 Å². The van der Waals surface area contributed by atoms with Gasteiger partial charge in [0, 0.05) is 24.7 Å². The Kier molecular flexibility index (Phi) is 3.33. The summed E-state index contributed by atoms with van der Waals surface area (Å²) in [5.74, 6) is -1.07. The van der Waals surface area contributed by atoms with Gasteiger partial charge in [0.25, 0.3) is 5.56 Å². The highest BCUT2D eigenvalue weighted by Crippen LogP contribution is 2.15. The zero-order valence-electron chi connectivity index (χ0n) is 10.6. The number of carboxylic acid groups (broad SMARTS) is 1. The summed E-state index contributed by atoms with van der Waals surface area (Å²) in [4.78, 5) is 31.5. The minimum absolute atomic E-state index is 0.0768. The summed E-state index contributed by atoms with van der Waals surface area (Å²) in [5, 5.41) is 8.94. The molecule has 0 aliphatic carbocycles. The van der Waals surface area contributed by atoms with Gasteiger partial charge in [-0.05, 0) is 17.7 Å². The molecule has 0 bridgehead atoms. The van der Waals surface area contributed by atoms with E-state index >= 15 is 0 Å². The Morgan fingerprint density at radius 2 is 2.24 bits per heavy atom. The maximum Gasteiger partial charge on any atom is 0.347 e. The van der Waals surface area contributed by atoms with Gasteiger partial charge in [-0.1, -0.05) is 23.5 Å². The normalized spacial score (nSPS) is 11.2. The summed E-state index contributed by atoms with van der Waals surface area (Å²) in [6.07, 6.45) is 8.13. The Morgan fingerprint density at radius 1 is 1.38 bits per heavy atom. The van der Waals surface area contributed by atoms with Gasteiger partial charge in [0.15, 0.2) is 4.96 Å². The Hall–Kier alpha value is -2.80. The van der Waals surface area contributed by atoms with Crippen LogP contribution in [0.4, 0.5) is 0 Å². The molecule has 3 aromatic rings. The lowest BCUT2D eigenvalue weighted by atomic mass is 10.2. The number of fused-ring (bicyclic) bond motifs is 1. The van der Waals surface area contributed by atoms with Crippen LogP contribution >= 0.6 is 11.3 Å². The Balaban J connectivity index is 2.02. The number of hydrogen-bond acceptors (Lipinski definition) is 5. The van der Waals surface area contributed by atoms with E-state index < -0.39 is 5.97 Å². The van der Waals surface area contributed by atoms with Gasteiger partial charge in [-0.2, -0.15) is 0 Å². The third kappa shape index (κ3) is 2.72. The van der Waals surface area contributed by atoms with Gasteiger partial charge < -0.3 is 5.11 Å². The van der Waals surface area contributed by atoms with Crippen molar-refractivity contribution in [2.75, 3.05) is 0 Å². The van der Waals surface area contributed by atoms with Crippen LogP contribution in [0.1, 0.15) is 20.9 Å². The molecule has 3 aromatic heterocycles. The van der Waals surface area contributed by atoms with Crippen molar-refractivity contribution < 1.29 is 9.90 Å². The summed E-state index contributed by atoms with van der Waals surface area (Å²) in [6.45, 7) is 0. The first-order chi connectivity index (χ1) is 10.1. The largest absolute Gasteiger partial charge is 0.477 e. The first kappa shape index (κ1) is 13.2. The first-order valence-corrected chi connectivity index (χ1v) is 6.80. The molecule has 6 nitrogen and oxygen atoms in total. The zero-order valence-corrected chi connectivity index (χ0v) is 11.4. The number of hydrogen-bond donors (Lipinski definition) is 1. The molecule has 104 valence electrons. The van der Waals surface area contributed by atoms with Crippen molar-refractivity contribution in [1.29, 1.82) is 0 Å². The number of aromatic carboxylic acids is 1. The molecule has 0 saturated heterocycles. The molecule has 3 rings (SSSR count). The van der Waals surface area contributed by atoms with Crippen molar-refractivity contribution in [1.82, 2.24) is 14.4 Å². The molecule has 0 aliphatic heterocycles. The number of carbonyl (C=O) groups is 1. The predicted molar refractivity (Wildman–Crippen MR) is 79.5 cm³/mol. The van der Waals surface area contributed by atoms with Crippen LogP contribution in [-0.4, -0.2) is 25.4 Å². The molecule has 0 unspecified atom stereocenters. The summed E-state index contributed by atoms with van der Waals surface area (Å²) < 4.78 is 1.23. The number of nitrogens with zero attached hydrogens (tertiary/aromatic N) is 3. The maximum absolute atomic E-state index is 11.9. The van der Waals surface area contributed by atoms with Gasteiger partial charge >= 0.3 is 5.97 Å². The maximum atomic E-state index is 11.9. The minimum atomic E-state index is -1.07. The number of aromatic nitrogens is 3. The smallest absolute Gasteiger partial charge is 0.347 e. The van der Waals surface area contributed by atoms with E-state index in [4.69, 9.17) is 5.11 Å². The second-order valence-electron chi connectivity index (χ2n) is 4.19. The number of thiazole rings is 1. The molecule has 0 atom stereocenters. The van der Waals surface area contributed by atoms with Crippen LogP contribution in [0.15, 0.2) is 41.6 Å². The first-order valence-electron chi connectivity index (χ1n) is 5.98. The van der Waals surface area contributed by atoms with Crippen molar-refractivity contribution in [3.63, 3.8) is 0 Å².